The molecule has 1 spiro atoms. The summed E-state index contributed by atoms with van der Waals surface area (Å²) in [6, 6.07) is 2.09. The van der Waals surface area contributed by atoms with Crippen molar-refractivity contribution in [2.75, 3.05) is 26.2 Å². The highest BCUT2D eigenvalue weighted by atomic mass is 16.7. The average Bonchev–Trinajstić information content (AvgIpc) is 3.38. The normalized spacial score (nSPS) is 28.5. The number of furan rings is 1. The van der Waals surface area contributed by atoms with Gasteiger partial charge in [0, 0.05) is 39.1 Å². The minimum absolute atomic E-state index is 0.131. The molecule has 0 bridgehead atoms. The Morgan fingerprint density at radius 3 is 3.08 bits per heavy atom. The van der Waals surface area contributed by atoms with Crippen LogP contribution in [-0.4, -0.2) is 54.5 Å². The molecule has 2 fully saturated rings. The first kappa shape index (κ1) is 17.5. The van der Waals surface area contributed by atoms with E-state index in [-0.39, 0.29) is 17.6 Å². The van der Waals surface area contributed by atoms with Crippen molar-refractivity contribution >= 4 is 11.6 Å². The maximum atomic E-state index is 12.3. The summed E-state index contributed by atoms with van der Waals surface area (Å²) in [4.78, 5) is 20.4. The first-order chi connectivity index (χ1) is 12.5. The molecule has 3 aliphatic heterocycles. The van der Waals surface area contributed by atoms with E-state index in [1.807, 2.05) is 6.92 Å². The first-order valence-electron chi connectivity index (χ1n) is 9.46. The summed E-state index contributed by atoms with van der Waals surface area (Å²) in [7, 11) is 0. The Morgan fingerprint density at radius 1 is 1.46 bits per heavy atom. The van der Waals surface area contributed by atoms with Crippen LogP contribution in [0.1, 0.15) is 42.8 Å². The highest BCUT2D eigenvalue weighted by Gasteiger charge is 2.46. The SMILES string of the molecule is Cc1cc(CN2CC[C@@]3(CC(C(=O)NC[C@H]4CCCO4)=NO3)C2)oc1C. The third kappa shape index (κ3) is 3.64. The number of carbonyl (C=O) groups excluding carboxylic acids is 1. The predicted octanol–water partition coefficient (Wildman–Crippen LogP) is 1.91. The lowest BCUT2D eigenvalue weighted by Crippen LogP contribution is -2.39. The monoisotopic (exact) mass is 361 g/mol. The van der Waals surface area contributed by atoms with Gasteiger partial charge < -0.3 is 19.3 Å². The van der Waals surface area contributed by atoms with Crippen LogP contribution in [0.25, 0.3) is 0 Å². The van der Waals surface area contributed by atoms with E-state index in [9.17, 15) is 4.79 Å². The molecule has 2 saturated heterocycles. The number of aryl methyl sites for hydroxylation is 2. The fraction of sp³-hybridized carbons (Fsp3) is 0.684. The van der Waals surface area contributed by atoms with Crippen molar-refractivity contribution in [3.63, 3.8) is 0 Å². The third-order valence-electron chi connectivity index (χ3n) is 5.61. The van der Waals surface area contributed by atoms with Crippen molar-refractivity contribution in [3.8, 4) is 0 Å². The number of ether oxygens (including phenoxy) is 1. The molecule has 7 heteroatoms. The highest BCUT2D eigenvalue weighted by molar-refractivity contribution is 6.39. The van der Waals surface area contributed by atoms with E-state index in [1.54, 1.807) is 0 Å². The summed E-state index contributed by atoms with van der Waals surface area (Å²) in [6.07, 6.45) is 3.65. The number of hydrogen-bond acceptors (Lipinski definition) is 6. The lowest BCUT2D eigenvalue weighted by atomic mass is 9.96. The molecule has 1 amide bonds. The zero-order chi connectivity index (χ0) is 18.1. The standard InChI is InChI=1S/C19H27N3O4/c1-13-8-16(25-14(13)2)11-22-6-5-19(12-22)9-17(21-26-19)18(23)20-10-15-4-3-7-24-15/h8,15H,3-7,9-12H2,1-2H3,(H,20,23)/t15-,19-/m1/s1. The number of hydrogen-bond donors (Lipinski definition) is 1. The van der Waals surface area contributed by atoms with Gasteiger partial charge >= 0.3 is 0 Å². The van der Waals surface area contributed by atoms with Gasteiger partial charge in [-0.15, -0.1) is 0 Å². The number of rotatable bonds is 5. The summed E-state index contributed by atoms with van der Waals surface area (Å²) in [5.41, 5.74) is 1.31. The molecule has 4 heterocycles. The second-order valence-electron chi connectivity index (χ2n) is 7.75. The Balaban J connectivity index is 1.27. The lowest BCUT2D eigenvalue weighted by molar-refractivity contribution is -0.115. The van der Waals surface area contributed by atoms with Crippen LogP contribution in [0.4, 0.5) is 0 Å². The van der Waals surface area contributed by atoms with E-state index in [4.69, 9.17) is 14.0 Å². The predicted molar refractivity (Wildman–Crippen MR) is 95.9 cm³/mol. The third-order valence-corrected chi connectivity index (χ3v) is 5.61. The average molecular weight is 361 g/mol. The van der Waals surface area contributed by atoms with Gasteiger partial charge in [-0.25, -0.2) is 0 Å². The molecular formula is C19H27N3O4. The molecule has 4 rings (SSSR count). The van der Waals surface area contributed by atoms with Crippen LogP contribution in [0.2, 0.25) is 0 Å². The number of likely N-dealkylation sites (tertiary alicyclic amines) is 1. The van der Waals surface area contributed by atoms with E-state index in [1.165, 1.54) is 5.56 Å². The molecule has 26 heavy (non-hydrogen) atoms. The maximum absolute atomic E-state index is 12.3. The van der Waals surface area contributed by atoms with E-state index in [0.717, 1.165) is 57.0 Å². The fourth-order valence-electron chi connectivity index (χ4n) is 3.99. The van der Waals surface area contributed by atoms with Crippen LogP contribution >= 0.6 is 0 Å². The van der Waals surface area contributed by atoms with E-state index in [0.29, 0.717) is 18.7 Å². The zero-order valence-corrected chi connectivity index (χ0v) is 15.5. The van der Waals surface area contributed by atoms with Gasteiger partial charge in [-0.2, -0.15) is 0 Å². The second-order valence-corrected chi connectivity index (χ2v) is 7.75. The van der Waals surface area contributed by atoms with Gasteiger partial charge in [-0.3, -0.25) is 9.69 Å². The van der Waals surface area contributed by atoms with Crippen LogP contribution < -0.4 is 5.32 Å². The molecule has 142 valence electrons. The van der Waals surface area contributed by atoms with Gasteiger partial charge in [0.25, 0.3) is 5.91 Å². The molecule has 0 radical (unpaired) electrons. The topological polar surface area (TPSA) is 76.3 Å². The van der Waals surface area contributed by atoms with Gasteiger partial charge in [0.15, 0.2) is 5.60 Å². The lowest BCUT2D eigenvalue weighted by Gasteiger charge is -2.21. The summed E-state index contributed by atoms with van der Waals surface area (Å²) in [5.74, 6) is 1.82. The van der Waals surface area contributed by atoms with Crippen molar-refractivity contribution in [3.05, 3.63) is 23.2 Å². The molecule has 3 aliphatic rings. The van der Waals surface area contributed by atoms with Crippen LogP contribution in [-0.2, 0) is 20.9 Å². The van der Waals surface area contributed by atoms with Gasteiger partial charge in [0.2, 0.25) is 0 Å². The minimum atomic E-state index is -0.368. The molecule has 1 aromatic rings. The quantitative estimate of drug-likeness (QED) is 0.867. The Kier molecular flexibility index (Phi) is 4.75. The van der Waals surface area contributed by atoms with Gasteiger partial charge in [0.05, 0.1) is 12.6 Å². The summed E-state index contributed by atoms with van der Waals surface area (Å²) >= 11 is 0. The van der Waals surface area contributed by atoms with Crippen LogP contribution in [0.3, 0.4) is 0 Å². The minimum Gasteiger partial charge on any atom is -0.465 e. The van der Waals surface area contributed by atoms with Crippen LogP contribution in [0.5, 0.6) is 0 Å². The number of carbonyl (C=O) groups is 1. The number of amides is 1. The van der Waals surface area contributed by atoms with Crippen molar-refractivity contribution < 1.29 is 18.8 Å². The maximum Gasteiger partial charge on any atom is 0.269 e. The van der Waals surface area contributed by atoms with Gasteiger partial charge in [-0.1, -0.05) is 5.16 Å². The molecule has 1 N–H and O–H groups in total. The Labute approximate surface area is 153 Å². The summed E-state index contributed by atoms with van der Waals surface area (Å²) in [5, 5.41) is 7.02. The van der Waals surface area contributed by atoms with E-state index < -0.39 is 0 Å². The second kappa shape index (κ2) is 7.04. The van der Waals surface area contributed by atoms with Crippen LogP contribution in [0.15, 0.2) is 15.6 Å². The molecule has 0 aliphatic carbocycles. The van der Waals surface area contributed by atoms with E-state index in [2.05, 4.69) is 28.4 Å². The molecule has 7 nitrogen and oxygen atoms in total. The molecule has 0 unspecified atom stereocenters. The number of nitrogens with one attached hydrogen (secondary N) is 1. The smallest absolute Gasteiger partial charge is 0.269 e. The Bertz CT molecular complexity index is 688. The zero-order valence-electron chi connectivity index (χ0n) is 15.5. The van der Waals surface area contributed by atoms with Gasteiger partial charge in [0.1, 0.15) is 17.2 Å². The van der Waals surface area contributed by atoms with Crippen molar-refractivity contribution in [2.24, 2.45) is 5.16 Å². The Morgan fingerprint density at radius 2 is 2.35 bits per heavy atom. The number of oxime groups is 1. The Hall–Kier alpha value is -1.86. The summed E-state index contributed by atoms with van der Waals surface area (Å²) < 4.78 is 11.3. The molecular weight excluding hydrogens is 334 g/mol. The molecule has 1 aromatic heterocycles. The van der Waals surface area contributed by atoms with Crippen molar-refractivity contribution in [1.82, 2.24) is 10.2 Å². The largest absolute Gasteiger partial charge is 0.465 e. The molecule has 2 atom stereocenters. The fourth-order valence-corrected chi connectivity index (χ4v) is 3.99. The molecule has 0 aromatic carbocycles. The number of nitrogens with zero attached hydrogens (tertiary/aromatic N) is 2. The van der Waals surface area contributed by atoms with Crippen molar-refractivity contribution in [2.45, 2.75) is 57.8 Å². The highest BCUT2D eigenvalue weighted by Crippen LogP contribution is 2.34. The van der Waals surface area contributed by atoms with Crippen molar-refractivity contribution in [1.29, 1.82) is 0 Å². The van der Waals surface area contributed by atoms with Gasteiger partial charge in [-0.05, 0) is 38.3 Å². The molecule has 0 saturated carbocycles. The van der Waals surface area contributed by atoms with E-state index >= 15 is 0 Å². The first-order valence-corrected chi connectivity index (χ1v) is 9.46. The van der Waals surface area contributed by atoms with Crippen LogP contribution in [0, 0.1) is 13.8 Å². The summed E-state index contributed by atoms with van der Waals surface area (Å²) in [6.45, 7) is 7.83.